The van der Waals surface area contributed by atoms with E-state index in [1.54, 1.807) is 0 Å². The Labute approximate surface area is 118 Å². The third-order valence-electron chi connectivity index (χ3n) is 3.76. The second-order valence-electron chi connectivity index (χ2n) is 5.18. The first-order valence-corrected chi connectivity index (χ1v) is 7.09. The second-order valence-corrected chi connectivity index (χ2v) is 5.59. The van der Waals surface area contributed by atoms with Crippen molar-refractivity contribution in [1.29, 1.82) is 0 Å². The maximum absolute atomic E-state index is 6.38. The van der Waals surface area contributed by atoms with Gasteiger partial charge in [0, 0.05) is 18.2 Å². The highest BCUT2D eigenvalue weighted by Crippen LogP contribution is 2.39. The van der Waals surface area contributed by atoms with Crippen LogP contribution in [0.15, 0.2) is 30.5 Å². The van der Waals surface area contributed by atoms with Crippen molar-refractivity contribution < 1.29 is 0 Å². The zero-order valence-corrected chi connectivity index (χ0v) is 12.0. The highest BCUT2D eigenvalue weighted by atomic mass is 35.5. The summed E-state index contributed by atoms with van der Waals surface area (Å²) in [6.07, 6.45) is 4.53. The molecule has 0 spiro atoms. The molecule has 1 aromatic carbocycles. The molecular formula is C15H18ClN3. The van der Waals surface area contributed by atoms with Gasteiger partial charge in [-0.15, -0.1) is 0 Å². The van der Waals surface area contributed by atoms with Crippen molar-refractivity contribution in [3.63, 3.8) is 0 Å². The third kappa shape index (κ3) is 2.53. The van der Waals surface area contributed by atoms with E-state index in [0.29, 0.717) is 12.0 Å². The Bertz CT molecular complexity index is 587. The van der Waals surface area contributed by atoms with Gasteiger partial charge in [0.15, 0.2) is 0 Å². The molecule has 3 rings (SSSR count). The average Bonchev–Trinajstić information content (AvgIpc) is 3.16. The quantitative estimate of drug-likeness (QED) is 0.922. The smallest absolute Gasteiger partial charge is 0.0832 e. The Kier molecular flexibility index (Phi) is 3.33. The van der Waals surface area contributed by atoms with Crippen LogP contribution in [-0.2, 0) is 0 Å². The van der Waals surface area contributed by atoms with E-state index in [-0.39, 0.29) is 0 Å². The first kappa shape index (κ1) is 12.7. The Morgan fingerprint density at radius 1 is 1.37 bits per heavy atom. The highest BCUT2D eigenvalue weighted by Gasteiger charge is 2.26. The third-order valence-corrected chi connectivity index (χ3v) is 4.06. The largest absolute Gasteiger partial charge is 0.313 e. The molecule has 0 saturated heterocycles. The van der Waals surface area contributed by atoms with E-state index < -0.39 is 0 Å². The number of benzene rings is 1. The monoisotopic (exact) mass is 275 g/mol. The van der Waals surface area contributed by atoms with Gasteiger partial charge in [-0.25, -0.2) is 4.68 Å². The molecule has 1 fully saturated rings. The number of hydrogen-bond donors (Lipinski definition) is 1. The van der Waals surface area contributed by atoms with Crippen molar-refractivity contribution in [2.75, 3.05) is 7.05 Å². The van der Waals surface area contributed by atoms with Gasteiger partial charge in [-0.3, -0.25) is 0 Å². The van der Waals surface area contributed by atoms with Gasteiger partial charge in [0.1, 0.15) is 0 Å². The van der Waals surface area contributed by atoms with Crippen molar-refractivity contribution in [1.82, 2.24) is 15.1 Å². The number of rotatable bonds is 4. The van der Waals surface area contributed by atoms with Crippen LogP contribution in [0.25, 0.3) is 5.69 Å². The molecule has 1 heterocycles. The van der Waals surface area contributed by atoms with Gasteiger partial charge in [-0.05, 0) is 50.6 Å². The molecule has 19 heavy (non-hydrogen) atoms. The minimum atomic E-state index is 0.297. The van der Waals surface area contributed by atoms with Gasteiger partial charge in [-0.1, -0.05) is 17.7 Å². The molecule has 1 unspecified atom stereocenters. The lowest BCUT2D eigenvalue weighted by Crippen LogP contribution is -2.12. The van der Waals surface area contributed by atoms with Gasteiger partial charge in [-0.2, -0.15) is 5.10 Å². The highest BCUT2D eigenvalue weighted by molar-refractivity contribution is 6.32. The van der Waals surface area contributed by atoms with Crippen LogP contribution in [0, 0.1) is 0 Å². The summed E-state index contributed by atoms with van der Waals surface area (Å²) in [7, 11) is 1.95. The molecule has 2 aromatic rings. The Morgan fingerprint density at radius 2 is 2.16 bits per heavy atom. The number of aromatic nitrogens is 2. The number of nitrogens with one attached hydrogen (secondary N) is 1. The van der Waals surface area contributed by atoms with Crippen molar-refractivity contribution in [3.05, 3.63) is 46.7 Å². The summed E-state index contributed by atoms with van der Waals surface area (Å²) in [6.45, 7) is 2.12. The van der Waals surface area contributed by atoms with Gasteiger partial charge in [0.05, 0.1) is 16.4 Å². The van der Waals surface area contributed by atoms with Crippen LogP contribution < -0.4 is 5.32 Å². The molecular weight excluding hydrogens is 258 g/mol. The number of hydrogen-bond acceptors (Lipinski definition) is 2. The SMILES string of the molecule is CNC(C)c1ccc(-n2ccc(C3CC3)n2)c(Cl)c1. The van der Waals surface area contributed by atoms with E-state index in [2.05, 4.69) is 29.5 Å². The Balaban J connectivity index is 1.91. The zero-order chi connectivity index (χ0) is 13.4. The molecule has 3 nitrogen and oxygen atoms in total. The number of nitrogens with zero attached hydrogens (tertiary/aromatic N) is 2. The normalized spacial score (nSPS) is 16.6. The van der Waals surface area contributed by atoms with Gasteiger partial charge in [0.2, 0.25) is 0 Å². The topological polar surface area (TPSA) is 29.9 Å². The molecule has 1 aliphatic rings. The fourth-order valence-corrected chi connectivity index (χ4v) is 2.49. The zero-order valence-electron chi connectivity index (χ0n) is 11.2. The molecule has 1 aliphatic carbocycles. The van der Waals surface area contributed by atoms with E-state index in [4.69, 9.17) is 11.6 Å². The lowest BCUT2D eigenvalue weighted by Gasteiger charge is -2.12. The summed E-state index contributed by atoms with van der Waals surface area (Å²) < 4.78 is 1.88. The molecule has 0 amide bonds. The summed E-state index contributed by atoms with van der Waals surface area (Å²) >= 11 is 6.38. The van der Waals surface area contributed by atoms with Crippen LogP contribution >= 0.6 is 11.6 Å². The minimum Gasteiger partial charge on any atom is -0.313 e. The lowest BCUT2D eigenvalue weighted by molar-refractivity contribution is 0.652. The van der Waals surface area contributed by atoms with Gasteiger partial charge in [0.25, 0.3) is 0 Å². The predicted octanol–water partition coefficient (Wildman–Crippen LogP) is 3.68. The van der Waals surface area contributed by atoms with E-state index in [1.165, 1.54) is 24.1 Å². The average molecular weight is 276 g/mol. The molecule has 1 N–H and O–H groups in total. The first-order valence-electron chi connectivity index (χ1n) is 6.71. The van der Waals surface area contributed by atoms with Gasteiger partial charge >= 0.3 is 0 Å². The fraction of sp³-hybridized carbons (Fsp3) is 0.400. The summed E-state index contributed by atoms with van der Waals surface area (Å²) in [5.41, 5.74) is 3.31. The molecule has 1 saturated carbocycles. The molecule has 0 radical (unpaired) electrons. The molecule has 0 aliphatic heterocycles. The van der Waals surface area contributed by atoms with Crippen LogP contribution in [0.3, 0.4) is 0 Å². The van der Waals surface area contributed by atoms with Crippen LogP contribution in [0.2, 0.25) is 5.02 Å². The van der Waals surface area contributed by atoms with Crippen molar-refractivity contribution >= 4 is 11.6 Å². The van der Waals surface area contributed by atoms with Crippen LogP contribution in [0.5, 0.6) is 0 Å². The van der Waals surface area contributed by atoms with Crippen LogP contribution in [0.1, 0.15) is 43.0 Å². The van der Waals surface area contributed by atoms with Crippen molar-refractivity contribution in [2.24, 2.45) is 0 Å². The lowest BCUT2D eigenvalue weighted by atomic mass is 10.1. The van der Waals surface area contributed by atoms with E-state index in [9.17, 15) is 0 Å². The van der Waals surface area contributed by atoms with E-state index in [0.717, 1.165) is 10.7 Å². The minimum absolute atomic E-state index is 0.297. The van der Waals surface area contributed by atoms with E-state index in [1.807, 2.05) is 30.1 Å². The van der Waals surface area contributed by atoms with Crippen molar-refractivity contribution in [2.45, 2.75) is 31.7 Å². The molecule has 1 aromatic heterocycles. The van der Waals surface area contributed by atoms with Crippen LogP contribution in [-0.4, -0.2) is 16.8 Å². The molecule has 0 bridgehead atoms. The predicted molar refractivity (Wildman–Crippen MR) is 78.0 cm³/mol. The maximum atomic E-state index is 6.38. The summed E-state index contributed by atoms with van der Waals surface area (Å²) in [5.74, 6) is 0.670. The Morgan fingerprint density at radius 3 is 2.79 bits per heavy atom. The Hall–Kier alpha value is -1.32. The summed E-state index contributed by atoms with van der Waals surface area (Å²) in [6, 6.07) is 8.54. The van der Waals surface area contributed by atoms with Gasteiger partial charge < -0.3 is 5.32 Å². The van der Waals surface area contributed by atoms with Crippen molar-refractivity contribution in [3.8, 4) is 5.69 Å². The first-order chi connectivity index (χ1) is 9.19. The molecule has 4 heteroatoms. The van der Waals surface area contributed by atoms with Crippen LogP contribution in [0.4, 0.5) is 0 Å². The summed E-state index contributed by atoms with van der Waals surface area (Å²) in [4.78, 5) is 0. The second kappa shape index (κ2) is 4.99. The molecule has 1 atom stereocenters. The summed E-state index contributed by atoms with van der Waals surface area (Å²) in [5, 5.41) is 8.57. The molecule has 100 valence electrons. The standard InChI is InChI=1S/C15H18ClN3/c1-10(17-2)12-5-6-15(13(16)9-12)19-8-7-14(18-19)11-3-4-11/h5-11,17H,3-4H2,1-2H3. The van der Waals surface area contributed by atoms with E-state index >= 15 is 0 Å². The maximum Gasteiger partial charge on any atom is 0.0832 e. The fourth-order valence-electron chi connectivity index (χ4n) is 2.21. The number of halogens is 1.